The highest BCUT2D eigenvalue weighted by Crippen LogP contribution is 2.36. The van der Waals surface area contributed by atoms with Crippen molar-refractivity contribution in [2.45, 2.75) is 19.9 Å². The largest absolute Gasteiger partial charge is 0.312 e. The second kappa shape index (κ2) is 4.45. The Morgan fingerprint density at radius 2 is 2.14 bits per heavy atom. The smallest absolute Gasteiger partial charge is 0.0220 e. The number of nitrogens with one attached hydrogen (secondary N) is 1. The van der Waals surface area contributed by atoms with E-state index < -0.39 is 0 Å². The van der Waals surface area contributed by atoms with Gasteiger partial charge in [-0.3, -0.25) is 0 Å². The maximum Gasteiger partial charge on any atom is 0.0220 e. The molecule has 0 bridgehead atoms. The van der Waals surface area contributed by atoms with Gasteiger partial charge in [-0.25, -0.2) is 0 Å². The highest BCUT2D eigenvalue weighted by molar-refractivity contribution is 9.10. The van der Waals surface area contributed by atoms with Gasteiger partial charge in [0.2, 0.25) is 0 Å². The van der Waals surface area contributed by atoms with Gasteiger partial charge in [0, 0.05) is 11.0 Å². The molecule has 76 valence electrons. The van der Waals surface area contributed by atoms with E-state index >= 15 is 0 Å². The summed E-state index contributed by atoms with van der Waals surface area (Å²) in [6.45, 7) is 4.47. The van der Waals surface area contributed by atoms with E-state index in [0.717, 1.165) is 18.4 Å². The minimum Gasteiger partial charge on any atom is -0.312 e. The molecule has 1 saturated carbocycles. The van der Waals surface area contributed by atoms with Crippen molar-refractivity contribution < 1.29 is 0 Å². The van der Waals surface area contributed by atoms with E-state index in [4.69, 9.17) is 0 Å². The first-order valence-corrected chi connectivity index (χ1v) is 6.01. The van der Waals surface area contributed by atoms with Crippen molar-refractivity contribution in [2.24, 2.45) is 11.8 Å². The number of rotatable bonds is 4. The lowest BCUT2D eigenvalue weighted by Crippen LogP contribution is -2.16. The van der Waals surface area contributed by atoms with Crippen LogP contribution in [-0.2, 0) is 6.54 Å². The van der Waals surface area contributed by atoms with Crippen LogP contribution in [-0.4, -0.2) is 6.54 Å². The molecule has 1 nitrogen and oxygen atoms in total. The zero-order valence-electron chi connectivity index (χ0n) is 8.46. The van der Waals surface area contributed by atoms with Gasteiger partial charge < -0.3 is 5.32 Å². The second-order valence-corrected chi connectivity index (χ2v) is 5.05. The molecule has 2 heteroatoms. The van der Waals surface area contributed by atoms with Gasteiger partial charge in [0.05, 0.1) is 0 Å². The molecule has 2 unspecified atom stereocenters. The number of hydrogen-bond donors (Lipinski definition) is 1. The maximum absolute atomic E-state index is 3.55. The predicted molar refractivity (Wildman–Crippen MR) is 63.1 cm³/mol. The number of halogens is 1. The summed E-state index contributed by atoms with van der Waals surface area (Å²) in [5, 5.41) is 3.50. The standard InChI is InChI=1S/C12H16BrN/c1-9-6-11(9)8-14-7-10-4-2-3-5-12(10)13/h2-5,9,11,14H,6-8H2,1H3. The van der Waals surface area contributed by atoms with Crippen LogP contribution in [0.15, 0.2) is 28.7 Å². The molecular formula is C12H16BrN. The maximum atomic E-state index is 3.55. The Labute approximate surface area is 94.0 Å². The summed E-state index contributed by atoms with van der Waals surface area (Å²) in [7, 11) is 0. The SMILES string of the molecule is CC1CC1CNCc1ccccc1Br. The first-order valence-electron chi connectivity index (χ1n) is 5.21. The summed E-state index contributed by atoms with van der Waals surface area (Å²) in [6, 6.07) is 8.39. The van der Waals surface area contributed by atoms with Crippen molar-refractivity contribution in [3.63, 3.8) is 0 Å². The highest BCUT2D eigenvalue weighted by Gasteiger charge is 2.31. The monoisotopic (exact) mass is 253 g/mol. The molecule has 0 radical (unpaired) electrons. The Hall–Kier alpha value is -0.340. The van der Waals surface area contributed by atoms with Gasteiger partial charge in [-0.05, 0) is 36.4 Å². The van der Waals surface area contributed by atoms with E-state index in [1.807, 2.05) is 0 Å². The molecule has 1 aromatic carbocycles. The first-order chi connectivity index (χ1) is 6.77. The quantitative estimate of drug-likeness (QED) is 0.870. The average molecular weight is 254 g/mol. The van der Waals surface area contributed by atoms with E-state index in [0.29, 0.717) is 0 Å². The van der Waals surface area contributed by atoms with Gasteiger partial charge in [0.1, 0.15) is 0 Å². The zero-order valence-corrected chi connectivity index (χ0v) is 10.0. The van der Waals surface area contributed by atoms with E-state index in [2.05, 4.69) is 52.4 Å². The van der Waals surface area contributed by atoms with Crippen LogP contribution in [0, 0.1) is 11.8 Å². The van der Waals surface area contributed by atoms with Gasteiger partial charge in [-0.1, -0.05) is 41.1 Å². The highest BCUT2D eigenvalue weighted by atomic mass is 79.9. The van der Waals surface area contributed by atoms with Crippen molar-refractivity contribution in [3.05, 3.63) is 34.3 Å². The van der Waals surface area contributed by atoms with E-state index in [-0.39, 0.29) is 0 Å². The lowest BCUT2D eigenvalue weighted by atomic mass is 10.2. The lowest BCUT2D eigenvalue weighted by Gasteiger charge is -2.05. The van der Waals surface area contributed by atoms with Crippen LogP contribution in [0.4, 0.5) is 0 Å². The molecule has 0 spiro atoms. The van der Waals surface area contributed by atoms with Crippen LogP contribution in [0.5, 0.6) is 0 Å². The molecule has 1 aromatic rings. The van der Waals surface area contributed by atoms with Crippen LogP contribution < -0.4 is 5.32 Å². The summed E-state index contributed by atoms with van der Waals surface area (Å²) in [6.07, 6.45) is 1.41. The first kappa shape index (κ1) is 10.2. The molecule has 0 saturated heterocycles. The fourth-order valence-corrected chi connectivity index (χ4v) is 2.14. The molecule has 0 heterocycles. The summed E-state index contributed by atoms with van der Waals surface area (Å²) >= 11 is 3.55. The van der Waals surface area contributed by atoms with Crippen LogP contribution in [0.1, 0.15) is 18.9 Å². The van der Waals surface area contributed by atoms with E-state index in [1.165, 1.54) is 23.0 Å². The van der Waals surface area contributed by atoms with Crippen molar-refractivity contribution >= 4 is 15.9 Å². The van der Waals surface area contributed by atoms with Gasteiger partial charge in [0.25, 0.3) is 0 Å². The Balaban J connectivity index is 1.77. The van der Waals surface area contributed by atoms with Crippen LogP contribution in [0.2, 0.25) is 0 Å². The third kappa shape index (κ3) is 2.58. The summed E-state index contributed by atoms with van der Waals surface area (Å²) in [5.41, 5.74) is 1.35. The van der Waals surface area contributed by atoms with Crippen LogP contribution in [0.25, 0.3) is 0 Å². The lowest BCUT2D eigenvalue weighted by molar-refractivity contribution is 0.611. The molecule has 1 aliphatic carbocycles. The molecule has 1 N–H and O–H groups in total. The topological polar surface area (TPSA) is 12.0 Å². The molecule has 1 aliphatic rings. The Kier molecular flexibility index (Phi) is 3.24. The Bertz CT molecular complexity index is 311. The van der Waals surface area contributed by atoms with Crippen molar-refractivity contribution in [1.82, 2.24) is 5.32 Å². The van der Waals surface area contributed by atoms with E-state index in [1.54, 1.807) is 0 Å². The van der Waals surface area contributed by atoms with E-state index in [9.17, 15) is 0 Å². The fourth-order valence-electron chi connectivity index (χ4n) is 1.72. The van der Waals surface area contributed by atoms with Crippen molar-refractivity contribution in [2.75, 3.05) is 6.54 Å². The molecule has 14 heavy (non-hydrogen) atoms. The summed E-state index contributed by atoms with van der Waals surface area (Å²) in [4.78, 5) is 0. The van der Waals surface area contributed by atoms with Crippen LogP contribution >= 0.6 is 15.9 Å². The number of benzene rings is 1. The van der Waals surface area contributed by atoms with Gasteiger partial charge >= 0.3 is 0 Å². The van der Waals surface area contributed by atoms with Crippen molar-refractivity contribution in [1.29, 1.82) is 0 Å². The molecule has 1 fully saturated rings. The second-order valence-electron chi connectivity index (χ2n) is 4.20. The third-order valence-electron chi connectivity index (χ3n) is 2.96. The van der Waals surface area contributed by atoms with Gasteiger partial charge in [0.15, 0.2) is 0 Å². The average Bonchev–Trinajstić information content (AvgIpc) is 2.86. The zero-order chi connectivity index (χ0) is 9.97. The summed E-state index contributed by atoms with van der Waals surface area (Å²) in [5.74, 6) is 1.87. The van der Waals surface area contributed by atoms with Gasteiger partial charge in [-0.2, -0.15) is 0 Å². The summed E-state index contributed by atoms with van der Waals surface area (Å²) < 4.78 is 1.20. The third-order valence-corrected chi connectivity index (χ3v) is 3.73. The fraction of sp³-hybridized carbons (Fsp3) is 0.500. The molecule has 2 rings (SSSR count). The molecular weight excluding hydrogens is 238 g/mol. The molecule has 0 aromatic heterocycles. The predicted octanol–water partition coefficient (Wildman–Crippen LogP) is 3.19. The molecule has 0 amide bonds. The minimum atomic E-state index is 0.928. The minimum absolute atomic E-state index is 0.928. The van der Waals surface area contributed by atoms with Crippen molar-refractivity contribution in [3.8, 4) is 0 Å². The van der Waals surface area contributed by atoms with Gasteiger partial charge in [-0.15, -0.1) is 0 Å². The number of hydrogen-bond acceptors (Lipinski definition) is 1. The molecule has 2 atom stereocenters. The normalized spacial score (nSPS) is 25.0. The Morgan fingerprint density at radius 3 is 2.79 bits per heavy atom. The Morgan fingerprint density at radius 1 is 1.43 bits per heavy atom. The molecule has 0 aliphatic heterocycles. The van der Waals surface area contributed by atoms with Crippen LogP contribution in [0.3, 0.4) is 0 Å².